The molecule has 2 atom stereocenters. The van der Waals surface area contributed by atoms with Crippen molar-refractivity contribution in [3.8, 4) is 0 Å². The Hall–Kier alpha value is -1.69. The lowest BCUT2D eigenvalue weighted by molar-refractivity contribution is -0.0315. The van der Waals surface area contributed by atoms with Crippen molar-refractivity contribution in [1.82, 2.24) is 4.31 Å². The highest BCUT2D eigenvalue weighted by Crippen LogP contribution is 2.37. The summed E-state index contributed by atoms with van der Waals surface area (Å²) in [5, 5.41) is 10.8. The van der Waals surface area contributed by atoms with Gasteiger partial charge in [-0.2, -0.15) is 4.31 Å². The normalized spacial score (nSPS) is 21.9. The minimum atomic E-state index is -3.62. The molecular formula is C22H29NO3S. The highest BCUT2D eigenvalue weighted by atomic mass is 32.2. The Kier molecular flexibility index (Phi) is 5.75. The third-order valence-electron chi connectivity index (χ3n) is 5.55. The second kappa shape index (κ2) is 7.74. The molecule has 0 aliphatic carbocycles. The first kappa shape index (κ1) is 20.1. The van der Waals surface area contributed by atoms with E-state index < -0.39 is 15.6 Å². The van der Waals surface area contributed by atoms with Crippen LogP contribution in [0, 0.1) is 12.8 Å². The first-order chi connectivity index (χ1) is 12.7. The maximum absolute atomic E-state index is 13.4. The summed E-state index contributed by atoms with van der Waals surface area (Å²) in [6.45, 7) is 6.01. The highest BCUT2D eigenvalue weighted by Gasteiger charge is 2.44. The van der Waals surface area contributed by atoms with Crippen LogP contribution >= 0.6 is 0 Å². The molecule has 2 aromatic carbocycles. The van der Waals surface area contributed by atoms with Crippen LogP contribution in [0.4, 0.5) is 0 Å². The van der Waals surface area contributed by atoms with Gasteiger partial charge in [0.15, 0.2) is 0 Å². The number of nitrogens with zero attached hydrogens (tertiary/aromatic N) is 1. The molecule has 27 heavy (non-hydrogen) atoms. The van der Waals surface area contributed by atoms with Gasteiger partial charge in [-0.25, -0.2) is 8.42 Å². The third-order valence-corrected chi connectivity index (χ3v) is 7.49. The molecule has 4 nitrogen and oxygen atoms in total. The monoisotopic (exact) mass is 387 g/mol. The molecule has 0 saturated carbocycles. The number of benzene rings is 2. The predicted octanol–water partition coefficient (Wildman–Crippen LogP) is 3.78. The molecule has 2 aromatic rings. The molecule has 0 bridgehead atoms. The summed E-state index contributed by atoms with van der Waals surface area (Å²) < 4.78 is 28.5. The largest absolute Gasteiger partial charge is 0.390 e. The fraction of sp³-hybridized carbons (Fsp3) is 0.455. The van der Waals surface area contributed by atoms with Crippen LogP contribution in [0.25, 0.3) is 0 Å². The van der Waals surface area contributed by atoms with Gasteiger partial charge in [0.05, 0.1) is 10.5 Å². The summed E-state index contributed by atoms with van der Waals surface area (Å²) >= 11 is 0. The van der Waals surface area contributed by atoms with Gasteiger partial charge in [-0.3, -0.25) is 0 Å². The summed E-state index contributed by atoms with van der Waals surface area (Å²) in [4.78, 5) is 0.322. The number of sulfonamides is 1. The van der Waals surface area contributed by atoms with Gasteiger partial charge in [-0.1, -0.05) is 48.0 Å². The molecule has 5 heteroatoms. The number of hydrogen-bond donors (Lipinski definition) is 1. The van der Waals surface area contributed by atoms with Crippen LogP contribution in [0.15, 0.2) is 59.5 Å². The number of aliphatic hydroxyl groups is 1. The van der Waals surface area contributed by atoms with Gasteiger partial charge in [0.1, 0.15) is 0 Å². The van der Waals surface area contributed by atoms with Gasteiger partial charge in [-0.15, -0.1) is 0 Å². The van der Waals surface area contributed by atoms with Crippen LogP contribution in [0.2, 0.25) is 0 Å². The first-order valence-electron chi connectivity index (χ1n) is 9.54. The zero-order chi connectivity index (χ0) is 19.7. The maximum Gasteiger partial charge on any atom is 0.243 e. The van der Waals surface area contributed by atoms with Crippen LogP contribution in [0.3, 0.4) is 0 Å². The van der Waals surface area contributed by atoms with Crippen LogP contribution < -0.4 is 0 Å². The molecular weight excluding hydrogens is 358 g/mol. The summed E-state index contributed by atoms with van der Waals surface area (Å²) in [6.07, 6.45) is 2.17. The van der Waals surface area contributed by atoms with Crippen molar-refractivity contribution in [3.63, 3.8) is 0 Å². The Morgan fingerprint density at radius 2 is 1.70 bits per heavy atom. The van der Waals surface area contributed by atoms with Gasteiger partial charge < -0.3 is 5.11 Å². The van der Waals surface area contributed by atoms with Gasteiger partial charge in [-0.05, 0) is 57.7 Å². The van der Waals surface area contributed by atoms with E-state index in [9.17, 15) is 13.5 Å². The molecule has 2 unspecified atom stereocenters. The Morgan fingerprint density at radius 3 is 2.30 bits per heavy atom. The van der Waals surface area contributed by atoms with E-state index >= 15 is 0 Å². The minimum Gasteiger partial charge on any atom is -0.390 e. The highest BCUT2D eigenvalue weighted by molar-refractivity contribution is 7.89. The molecule has 1 heterocycles. The second-order valence-electron chi connectivity index (χ2n) is 8.09. The van der Waals surface area contributed by atoms with Gasteiger partial charge in [0.2, 0.25) is 10.0 Å². The number of rotatable bonds is 5. The maximum atomic E-state index is 13.4. The van der Waals surface area contributed by atoms with E-state index in [4.69, 9.17) is 0 Å². The van der Waals surface area contributed by atoms with E-state index in [1.807, 2.05) is 49.4 Å². The summed E-state index contributed by atoms with van der Waals surface area (Å²) in [7, 11) is -3.62. The van der Waals surface area contributed by atoms with E-state index in [2.05, 4.69) is 0 Å². The fourth-order valence-corrected chi connectivity index (χ4v) is 5.79. The Morgan fingerprint density at radius 1 is 1.07 bits per heavy atom. The molecule has 1 aliphatic rings. The minimum absolute atomic E-state index is 0.119. The molecule has 1 saturated heterocycles. The molecule has 0 spiro atoms. The van der Waals surface area contributed by atoms with Crippen molar-refractivity contribution in [2.24, 2.45) is 5.92 Å². The van der Waals surface area contributed by atoms with Gasteiger partial charge >= 0.3 is 0 Å². The van der Waals surface area contributed by atoms with Crippen molar-refractivity contribution in [2.75, 3.05) is 6.54 Å². The third kappa shape index (κ3) is 4.42. The van der Waals surface area contributed by atoms with Crippen molar-refractivity contribution in [1.29, 1.82) is 0 Å². The van der Waals surface area contributed by atoms with Crippen LogP contribution in [0.1, 0.15) is 37.8 Å². The second-order valence-corrected chi connectivity index (χ2v) is 9.98. The Labute approximate surface area is 162 Å². The number of aryl methyl sites for hydroxylation is 1. The van der Waals surface area contributed by atoms with Crippen molar-refractivity contribution >= 4 is 10.0 Å². The average Bonchev–Trinajstić information content (AvgIpc) is 2.62. The molecule has 146 valence electrons. The van der Waals surface area contributed by atoms with Gasteiger partial charge in [0.25, 0.3) is 0 Å². The van der Waals surface area contributed by atoms with Crippen molar-refractivity contribution in [2.45, 2.75) is 56.6 Å². The lowest BCUT2D eigenvalue weighted by atomic mass is 9.77. The molecule has 1 N–H and O–H groups in total. The molecule has 3 rings (SSSR count). The van der Waals surface area contributed by atoms with Crippen LogP contribution in [-0.4, -0.2) is 36.0 Å². The summed E-state index contributed by atoms with van der Waals surface area (Å²) in [5.41, 5.74) is 1.17. The SMILES string of the molecule is Cc1ccc(S(=O)(=O)N2CCCC(C(C)(C)O)C2Cc2ccccc2)cc1. The van der Waals surface area contributed by atoms with Crippen molar-refractivity contribution < 1.29 is 13.5 Å². The Bertz CT molecular complexity index is 855. The molecule has 1 aliphatic heterocycles. The van der Waals surface area contributed by atoms with E-state index in [-0.39, 0.29) is 12.0 Å². The summed E-state index contributed by atoms with van der Waals surface area (Å²) in [6, 6.07) is 16.7. The predicted molar refractivity (Wildman–Crippen MR) is 108 cm³/mol. The van der Waals surface area contributed by atoms with E-state index in [0.717, 1.165) is 24.0 Å². The van der Waals surface area contributed by atoms with E-state index in [1.54, 1.807) is 30.3 Å². The zero-order valence-corrected chi connectivity index (χ0v) is 17.1. The van der Waals surface area contributed by atoms with Crippen LogP contribution in [0.5, 0.6) is 0 Å². The first-order valence-corrected chi connectivity index (χ1v) is 11.0. The Balaban J connectivity index is 2.00. The van der Waals surface area contributed by atoms with Crippen molar-refractivity contribution in [3.05, 3.63) is 65.7 Å². The fourth-order valence-electron chi connectivity index (χ4n) is 4.09. The number of hydrogen-bond acceptors (Lipinski definition) is 3. The van der Waals surface area contributed by atoms with E-state index in [1.165, 1.54) is 0 Å². The molecule has 0 aromatic heterocycles. The van der Waals surface area contributed by atoms with Gasteiger partial charge in [0, 0.05) is 18.5 Å². The molecule has 0 amide bonds. The molecule has 0 radical (unpaired) electrons. The average molecular weight is 388 g/mol. The topological polar surface area (TPSA) is 57.6 Å². The molecule has 1 fully saturated rings. The number of piperidine rings is 1. The smallest absolute Gasteiger partial charge is 0.243 e. The zero-order valence-electron chi connectivity index (χ0n) is 16.3. The quantitative estimate of drug-likeness (QED) is 0.849. The summed E-state index contributed by atoms with van der Waals surface area (Å²) in [5.74, 6) is -0.119. The standard InChI is InChI=1S/C22H29NO3S/c1-17-11-13-19(14-12-17)27(25,26)23-15-7-10-20(22(2,3)24)21(23)16-18-8-5-4-6-9-18/h4-6,8-9,11-14,20-21,24H,7,10,15-16H2,1-3H3. The van der Waals surface area contributed by atoms with Crippen LogP contribution in [-0.2, 0) is 16.4 Å². The lowest BCUT2D eigenvalue weighted by Crippen LogP contribution is -2.55. The lowest BCUT2D eigenvalue weighted by Gasteiger charge is -2.45. The van der Waals surface area contributed by atoms with E-state index in [0.29, 0.717) is 17.9 Å².